The summed E-state index contributed by atoms with van der Waals surface area (Å²) in [4.78, 5) is 0. The first kappa shape index (κ1) is 13.2. The molecule has 0 aliphatic carbocycles. The molecule has 2 aromatic rings. The number of hydrogen-bond donors (Lipinski definition) is 0. The fourth-order valence-corrected chi connectivity index (χ4v) is 2.79. The average Bonchev–Trinajstić information content (AvgIpc) is 2.58. The first-order chi connectivity index (χ1) is 8.21. The van der Waals surface area contributed by atoms with Gasteiger partial charge in [-0.05, 0) is 42.4 Å². The van der Waals surface area contributed by atoms with Gasteiger partial charge in [0.1, 0.15) is 5.75 Å². The summed E-state index contributed by atoms with van der Waals surface area (Å²) in [5.74, 6) is 1.00. The minimum absolute atomic E-state index is 0.235. The molecule has 0 bridgehead atoms. The molecule has 2 rings (SSSR count). The van der Waals surface area contributed by atoms with Crippen molar-refractivity contribution in [1.82, 2.24) is 4.57 Å². The van der Waals surface area contributed by atoms with Crippen LogP contribution in [0.3, 0.4) is 0 Å². The molecule has 0 saturated heterocycles. The Morgan fingerprint density at radius 3 is 2.39 bits per heavy atom. The van der Waals surface area contributed by atoms with Crippen LogP contribution in [0.15, 0.2) is 30.5 Å². The molecular formula is C15H23NOSi. The molecule has 1 aromatic carbocycles. The van der Waals surface area contributed by atoms with E-state index in [0.29, 0.717) is 0 Å². The smallest absolute Gasteiger partial charge is 0.250 e. The van der Waals surface area contributed by atoms with E-state index in [1.54, 1.807) is 0 Å². The predicted octanol–water partition coefficient (Wildman–Crippen LogP) is 4.56. The van der Waals surface area contributed by atoms with Crippen LogP contribution < -0.4 is 4.43 Å². The first-order valence-corrected chi connectivity index (χ1v) is 9.36. The molecule has 0 amide bonds. The molecule has 0 fully saturated rings. The van der Waals surface area contributed by atoms with Gasteiger partial charge in [0.2, 0.25) is 8.32 Å². The monoisotopic (exact) mass is 261 g/mol. The summed E-state index contributed by atoms with van der Waals surface area (Å²) in [6.07, 6.45) is 2.08. The molecule has 18 heavy (non-hydrogen) atoms. The Morgan fingerprint density at radius 1 is 1.11 bits per heavy atom. The van der Waals surface area contributed by atoms with Crippen molar-refractivity contribution < 1.29 is 4.43 Å². The fraction of sp³-hybridized carbons (Fsp3) is 0.467. The van der Waals surface area contributed by atoms with Gasteiger partial charge < -0.3 is 8.99 Å². The van der Waals surface area contributed by atoms with Gasteiger partial charge >= 0.3 is 0 Å². The summed E-state index contributed by atoms with van der Waals surface area (Å²) in [7, 11) is 0.333. The molecule has 0 atom stereocenters. The predicted molar refractivity (Wildman–Crippen MR) is 80.7 cm³/mol. The van der Waals surface area contributed by atoms with Gasteiger partial charge in [-0.2, -0.15) is 0 Å². The van der Waals surface area contributed by atoms with Crippen LogP contribution in [0.4, 0.5) is 0 Å². The third kappa shape index (κ3) is 2.32. The summed E-state index contributed by atoms with van der Waals surface area (Å²) < 4.78 is 8.44. The third-order valence-corrected chi connectivity index (χ3v) is 8.39. The second-order valence-corrected chi connectivity index (χ2v) is 11.2. The Kier molecular flexibility index (Phi) is 3.05. The quantitative estimate of drug-likeness (QED) is 0.723. The zero-order valence-electron chi connectivity index (χ0n) is 12.2. The molecule has 98 valence electrons. The first-order valence-electron chi connectivity index (χ1n) is 6.45. The van der Waals surface area contributed by atoms with E-state index >= 15 is 0 Å². The van der Waals surface area contributed by atoms with Crippen molar-refractivity contribution in [3.8, 4) is 5.75 Å². The summed E-state index contributed by atoms with van der Waals surface area (Å²) in [6.45, 7) is 11.4. The maximum absolute atomic E-state index is 6.31. The Hall–Kier alpha value is -1.22. The standard InChI is InChI=1S/C15H23NOSi/c1-15(2,3)18(5,6)17-13-7-8-14-12(11-13)9-10-16(14)4/h7-11H,1-6H3. The lowest BCUT2D eigenvalue weighted by atomic mass is 10.2. The van der Waals surface area contributed by atoms with Crippen LogP contribution >= 0.6 is 0 Å². The van der Waals surface area contributed by atoms with Crippen molar-refractivity contribution >= 4 is 19.2 Å². The van der Waals surface area contributed by atoms with Gasteiger partial charge in [0, 0.05) is 24.1 Å². The van der Waals surface area contributed by atoms with E-state index in [4.69, 9.17) is 4.43 Å². The van der Waals surface area contributed by atoms with Crippen LogP contribution in [0.5, 0.6) is 5.75 Å². The van der Waals surface area contributed by atoms with Gasteiger partial charge in [-0.15, -0.1) is 0 Å². The van der Waals surface area contributed by atoms with Gasteiger partial charge in [0.05, 0.1) is 0 Å². The number of nitrogens with zero attached hydrogens (tertiary/aromatic N) is 1. The SMILES string of the molecule is Cn1ccc2cc(O[Si](C)(C)C(C)(C)C)ccc21. The van der Waals surface area contributed by atoms with Crippen molar-refractivity contribution in [1.29, 1.82) is 0 Å². The lowest BCUT2D eigenvalue weighted by Gasteiger charge is -2.36. The summed E-state index contributed by atoms with van der Waals surface area (Å²) in [6, 6.07) is 8.50. The highest BCUT2D eigenvalue weighted by molar-refractivity contribution is 6.74. The number of aromatic nitrogens is 1. The lowest BCUT2D eigenvalue weighted by molar-refractivity contribution is 0.493. The zero-order valence-corrected chi connectivity index (χ0v) is 13.2. The molecule has 1 aromatic heterocycles. The number of hydrogen-bond acceptors (Lipinski definition) is 1. The van der Waals surface area contributed by atoms with Crippen molar-refractivity contribution in [2.75, 3.05) is 0 Å². The highest BCUT2D eigenvalue weighted by Crippen LogP contribution is 2.37. The Balaban J connectivity index is 2.33. The largest absolute Gasteiger partial charge is 0.543 e. The molecule has 0 N–H and O–H groups in total. The molecule has 0 unspecified atom stereocenters. The second-order valence-electron chi connectivity index (χ2n) is 6.51. The molecule has 0 aliphatic heterocycles. The average molecular weight is 261 g/mol. The minimum Gasteiger partial charge on any atom is -0.543 e. The van der Waals surface area contributed by atoms with Crippen LogP contribution in [0.1, 0.15) is 20.8 Å². The van der Waals surface area contributed by atoms with Gasteiger partial charge in [-0.3, -0.25) is 0 Å². The fourth-order valence-electron chi connectivity index (χ4n) is 1.77. The van der Waals surface area contributed by atoms with E-state index in [0.717, 1.165) is 5.75 Å². The molecule has 0 spiro atoms. The topological polar surface area (TPSA) is 14.2 Å². The second kappa shape index (κ2) is 4.16. The molecule has 3 heteroatoms. The van der Waals surface area contributed by atoms with Crippen LogP contribution in [0.2, 0.25) is 18.1 Å². The van der Waals surface area contributed by atoms with E-state index in [9.17, 15) is 0 Å². The third-order valence-electron chi connectivity index (χ3n) is 4.04. The molecule has 0 aliphatic rings. The van der Waals surface area contributed by atoms with Gasteiger partial charge in [0.25, 0.3) is 0 Å². The van der Waals surface area contributed by atoms with E-state index in [-0.39, 0.29) is 5.04 Å². The molecule has 2 nitrogen and oxygen atoms in total. The zero-order chi connectivity index (χ0) is 13.6. The number of aryl methyl sites for hydroxylation is 1. The van der Waals surface area contributed by atoms with E-state index < -0.39 is 8.32 Å². The van der Waals surface area contributed by atoms with Crippen LogP contribution in [0.25, 0.3) is 10.9 Å². The number of fused-ring (bicyclic) bond motifs is 1. The van der Waals surface area contributed by atoms with Gasteiger partial charge in [-0.1, -0.05) is 20.8 Å². The molecule has 1 heterocycles. The normalized spacial score (nSPS) is 13.0. The Labute approximate surface area is 111 Å². The molecule has 0 saturated carbocycles. The molecule has 0 radical (unpaired) electrons. The Bertz CT molecular complexity index is 563. The summed E-state index contributed by atoms with van der Waals surface area (Å²) in [5, 5.41) is 1.48. The summed E-state index contributed by atoms with van der Waals surface area (Å²) >= 11 is 0. The van der Waals surface area contributed by atoms with Crippen molar-refractivity contribution in [3.05, 3.63) is 30.5 Å². The van der Waals surface area contributed by atoms with Crippen molar-refractivity contribution in [2.24, 2.45) is 7.05 Å². The minimum atomic E-state index is -1.73. The van der Waals surface area contributed by atoms with Gasteiger partial charge in [-0.25, -0.2) is 0 Å². The maximum atomic E-state index is 6.31. The van der Waals surface area contributed by atoms with Crippen molar-refractivity contribution in [3.63, 3.8) is 0 Å². The van der Waals surface area contributed by atoms with Crippen molar-refractivity contribution in [2.45, 2.75) is 38.9 Å². The van der Waals surface area contributed by atoms with E-state index in [1.807, 2.05) is 0 Å². The van der Waals surface area contributed by atoms with E-state index in [1.165, 1.54) is 10.9 Å². The number of rotatable bonds is 2. The Morgan fingerprint density at radius 2 is 1.78 bits per heavy atom. The highest BCUT2D eigenvalue weighted by atomic mass is 28.4. The number of benzene rings is 1. The van der Waals surface area contributed by atoms with E-state index in [2.05, 4.69) is 75.9 Å². The van der Waals surface area contributed by atoms with Crippen LogP contribution in [-0.4, -0.2) is 12.9 Å². The molecular weight excluding hydrogens is 238 g/mol. The van der Waals surface area contributed by atoms with Gasteiger partial charge in [0.15, 0.2) is 0 Å². The highest BCUT2D eigenvalue weighted by Gasteiger charge is 2.38. The lowest BCUT2D eigenvalue weighted by Crippen LogP contribution is -2.43. The van der Waals surface area contributed by atoms with Crippen LogP contribution in [-0.2, 0) is 7.05 Å². The van der Waals surface area contributed by atoms with Crippen LogP contribution in [0, 0.1) is 0 Å². The maximum Gasteiger partial charge on any atom is 0.250 e. The summed E-state index contributed by atoms with van der Waals surface area (Å²) in [5.41, 5.74) is 1.25.